The first-order chi connectivity index (χ1) is 9.17. The SMILES string of the molecule is CCNC(Cc1ccc(F)cc1)CC1(OC)CCC1. The highest BCUT2D eigenvalue weighted by Crippen LogP contribution is 2.39. The van der Waals surface area contributed by atoms with Gasteiger partial charge in [0.2, 0.25) is 0 Å². The van der Waals surface area contributed by atoms with Gasteiger partial charge in [0.1, 0.15) is 5.82 Å². The molecule has 0 saturated heterocycles. The van der Waals surface area contributed by atoms with Crippen LogP contribution in [0.3, 0.4) is 0 Å². The van der Waals surface area contributed by atoms with Crippen molar-refractivity contribution in [2.75, 3.05) is 13.7 Å². The van der Waals surface area contributed by atoms with E-state index in [0.29, 0.717) is 6.04 Å². The average Bonchev–Trinajstić information content (AvgIpc) is 2.37. The molecule has 0 bridgehead atoms. The molecule has 1 aliphatic carbocycles. The minimum absolute atomic E-state index is 0.0763. The van der Waals surface area contributed by atoms with Crippen LogP contribution in [0.4, 0.5) is 4.39 Å². The predicted molar refractivity (Wildman–Crippen MR) is 75.8 cm³/mol. The molecule has 19 heavy (non-hydrogen) atoms. The Labute approximate surface area is 115 Å². The Morgan fingerprint density at radius 3 is 2.47 bits per heavy atom. The molecule has 1 atom stereocenters. The molecule has 1 N–H and O–H groups in total. The van der Waals surface area contributed by atoms with Crippen LogP contribution in [0.1, 0.15) is 38.2 Å². The van der Waals surface area contributed by atoms with Crippen molar-refractivity contribution in [1.29, 1.82) is 0 Å². The molecule has 0 amide bonds. The molecule has 1 aliphatic rings. The van der Waals surface area contributed by atoms with Crippen molar-refractivity contribution in [1.82, 2.24) is 5.32 Å². The number of benzene rings is 1. The standard InChI is InChI=1S/C16H24FNO/c1-3-18-15(12-16(19-2)9-4-10-16)11-13-5-7-14(17)8-6-13/h5-8,15,18H,3-4,9-12H2,1-2H3. The summed E-state index contributed by atoms with van der Waals surface area (Å²) < 4.78 is 18.6. The molecule has 0 spiro atoms. The molecule has 0 heterocycles. The van der Waals surface area contributed by atoms with Crippen molar-refractivity contribution < 1.29 is 9.13 Å². The van der Waals surface area contributed by atoms with Gasteiger partial charge in [0.25, 0.3) is 0 Å². The number of hydrogen-bond acceptors (Lipinski definition) is 2. The van der Waals surface area contributed by atoms with Gasteiger partial charge in [-0.15, -0.1) is 0 Å². The molecule has 2 nitrogen and oxygen atoms in total. The molecule has 1 fully saturated rings. The molecule has 1 aromatic rings. The largest absolute Gasteiger partial charge is 0.378 e. The van der Waals surface area contributed by atoms with Gasteiger partial charge in [0.15, 0.2) is 0 Å². The van der Waals surface area contributed by atoms with Gasteiger partial charge in [-0.05, 0) is 56.3 Å². The summed E-state index contributed by atoms with van der Waals surface area (Å²) in [5, 5.41) is 3.53. The number of hydrogen-bond donors (Lipinski definition) is 1. The lowest BCUT2D eigenvalue weighted by atomic mass is 9.75. The highest BCUT2D eigenvalue weighted by atomic mass is 19.1. The molecular formula is C16H24FNO. The summed E-state index contributed by atoms with van der Waals surface area (Å²) in [5.41, 5.74) is 1.25. The van der Waals surface area contributed by atoms with E-state index in [4.69, 9.17) is 4.74 Å². The van der Waals surface area contributed by atoms with E-state index in [1.54, 1.807) is 0 Å². The molecule has 1 unspecified atom stereocenters. The van der Waals surface area contributed by atoms with Crippen molar-refractivity contribution in [3.8, 4) is 0 Å². The minimum atomic E-state index is -0.170. The Morgan fingerprint density at radius 2 is 2.00 bits per heavy atom. The highest BCUT2D eigenvalue weighted by molar-refractivity contribution is 5.17. The fourth-order valence-electron chi connectivity index (χ4n) is 2.92. The molecule has 0 aliphatic heterocycles. The second-order valence-corrected chi connectivity index (χ2v) is 5.53. The summed E-state index contributed by atoms with van der Waals surface area (Å²) in [4.78, 5) is 0. The summed E-state index contributed by atoms with van der Waals surface area (Å²) in [6.07, 6.45) is 5.56. The van der Waals surface area contributed by atoms with Gasteiger partial charge in [-0.2, -0.15) is 0 Å². The lowest BCUT2D eigenvalue weighted by molar-refractivity contribution is -0.0833. The van der Waals surface area contributed by atoms with Crippen molar-refractivity contribution in [2.24, 2.45) is 0 Å². The summed E-state index contributed by atoms with van der Waals surface area (Å²) >= 11 is 0. The maximum Gasteiger partial charge on any atom is 0.123 e. The molecule has 2 rings (SSSR count). The van der Waals surface area contributed by atoms with Crippen molar-refractivity contribution in [2.45, 2.75) is 50.7 Å². The van der Waals surface area contributed by atoms with Crippen LogP contribution in [-0.4, -0.2) is 25.3 Å². The first-order valence-electron chi connectivity index (χ1n) is 7.20. The van der Waals surface area contributed by atoms with E-state index in [9.17, 15) is 4.39 Å². The summed E-state index contributed by atoms with van der Waals surface area (Å²) in [5.74, 6) is -0.170. The molecule has 106 valence electrons. The Kier molecular flexibility index (Phi) is 4.94. The number of ether oxygens (including phenoxy) is 1. The quantitative estimate of drug-likeness (QED) is 0.816. The van der Waals surface area contributed by atoms with E-state index in [1.165, 1.54) is 24.1 Å². The number of methoxy groups -OCH3 is 1. The number of nitrogens with one attached hydrogen (secondary N) is 1. The summed E-state index contributed by atoms with van der Waals surface area (Å²) in [7, 11) is 1.82. The Morgan fingerprint density at radius 1 is 1.32 bits per heavy atom. The van der Waals surface area contributed by atoms with Gasteiger partial charge in [-0.25, -0.2) is 4.39 Å². The van der Waals surface area contributed by atoms with Gasteiger partial charge in [-0.1, -0.05) is 19.1 Å². The molecule has 3 heteroatoms. The van der Waals surface area contributed by atoms with Crippen LogP contribution in [-0.2, 0) is 11.2 Å². The van der Waals surface area contributed by atoms with Gasteiger partial charge in [-0.3, -0.25) is 0 Å². The third kappa shape index (κ3) is 3.77. The molecule has 0 radical (unpaired) electrons. The predicted octanol–water partition coefficient (Wildman–Crippen LogP) is 3.31. The number of halogens is 1. The molecule has 1 saturated carbocycles. The minimum Gasteiger partial charge on any atom is -0.378 e. The van der Waals surface area contributed by atoms with Crippen LogP contribution in [0.25, 0.3) is 0 Å². The monoisotopic (exact) mass is 265 g/mol. The second kappa shape index (κ2) is 6.49. The Bertz CT molecular complexity index is 381. The maximum atomic E-state index is 12.9. The van der Waals surface area contributed by atoms with E-state index in [2.05, 4.69) is 12.2 Å². The zero-order valence-electron chi connectivity index (χ0n) is 11.9. The lowest BCUT2D eigenvalue weighted by Crippen LogP contribution is -2.46. The van der Waals surface area contributed by atoms with Crippen molar-refractivity contribution in [3.05, 3.63) is 35.6 Å². The molecular weight excluding hydrogens is 241 g/mol. The smallest absolute Gasteiger partial charge is 0.123 e. The summed E-state index contributed by atoms with van der Waals surface area (Å²) in [6.45, 7) is 3.07. The fraction of sp³-hybridized carbons (Fsp3) is 0.625. The van der Waals surface area contributed by atoms with Crippen LogP contribution in [0.15, 0.2) is 24.3 Å². The third-order valence-corrected chi connectivity index (χ3v) is 4.20. The van der Waals surface area contributed by atoms with E-state index in [1.807, 2.05) is 19.2 Å². The fourth-order valence-corrected chi connectivity index (χ4v) is 2.92. The lowest BCUT2D eigenvalue weighted by Gasteiger charge is -2.43. The normalized spacial score (nSPS) is 18.9. The zero-order valence-corrected chi connectivity index (χ0v) is 11.9. The Hall–Kier alpha value is -0.930. The van der Waals surface area contributed by atoms with Crippen molar-refractivity contribution >= 4 is 0 Å². The average molecular weight is 265 g/mol. The Balaban J connectivity index is 1.97. The van der Waals surface area contributed by atoms with E-state index in [0.717, 1.165) is 32.2 Å². The van der Waals surface area contributed by atoms with Crippen LogP contribution < -0.4 is 5.32 Å². The molecule has 1 aromatic carbocycles. The van der Waals surface area contributed by atoms with Crippen molar-refractivity contribution in [3.63, 3.8) is 0 Å². The van der Waals surface area contributed by atoms with Crippen LogP contribution in [0.5, 0.6) is 0 Å². The maximum absolute atomic E-state index is 12.9. The highest BCUT2D eigenvalue weighted by Gasteiger charge is 2.38. The summed E-state index contributed by atoms with van der Waals surface area (Å²) in [6, 6.07) is 7.22. The van der Waals surface area contributed by atoms with Crippen LogP contribution in [0, 0.1) is 5.82 Å². The zero-order chi connectivity index (χ0) is 13.7. The first-order valence-corrected chi connectivity index (χ1v) is 7.20. The number of likely N-dealkylation sites (N-methyl/N-ethyl adjacent to an activating group) is 1. The second-order valence-electron chi connectivity index (χ2n) is 5.53. The van der Waals surface area contributed by atoms with E-state index >= 15 is 0 Å². The van der Waals surface area contributed by atoms with Crippen LogP contribution in [0.2, 0.25) is 0 Å². The van der Waals surface area contributed by atoms with Gasteiger partial charge >= 0.3 is 0 Å². The molecule has 0 aromatic heterocycles. The topological polar surface area (TPSA) is 21.3 Å². The van der Waals surface area contributed by atoms with Gasteiger partial charge < -0.3 is 10.1 Å². The van der Waals surface area contributed by atoms with E-state index in [-0.39, 0.29) is 11.4 Å². The van der Waals surface area contributed by atoms with Crippen LogP contribution >= 0.6 is 0 Å². The van der Waals surface area contributed by atoms with Gasteiger partial charge in [0, 0.05) is 13.2 Å². The van der Waals surface area contributed by atoms with Gasteiger partial charge in [0.05, 0.1) is 5.60 Å². The third-order valence-electron chi connectivity index (χ3n) is 4.20. The van der Waals surface area contributed by atoms with E-state index < -0.39 is 0 Å². The number of rotatable bonds is 7. The first kappa shape index (κ1) is 14.5.